The maximum absolute atomic E-state index is 12.6. The number of hydrogen-bond donors (Lipinski definition) is 0. The van der Waals surface area contributed by atoms with E-state index in [1.54, 1.807) is 16.5 Å². The number of ketones is 1. The number of rotatable bonds is 16. The molecule has 1 aromatic carbocycles. The Morgan fingerprint density at radius 1 is 1.33 bits per heavy atom. The van der Waals surface area contributed by atoms with Crippen molar-refractivity contribution >= 4 is 23.5 Å². The van der Waals surface area contributed by atoms with Crippen LogP contribution in [0.2, 0.25) is 0 Å². The van der Waals surface area contributed by atoms with E-state index in [1.807, 2.05) is 43.2 Å². The predicted molar refractivity (Wildman–Crippen MR) is 151 cm³/mol. The molecule has 0 unspecified atom stereocenters. The highest BCUT2D eigenvalue weighted by atomic mass is 32.1. The number of hydrogen-bond acceptors (Lipinski definition) is 5. The number of nitrogens with zero attached hydrogens (tertiary/aromatic N) is 4. The molecule has 0 aliphatic carbocycles. The molecule has 0 saturated heterocycles. The number of aromatic nitrogens is 3. The molecule has 0 saturated carbocycles. The maximum Gasteiger partial charge on any atom is 0.217 e. The average molecular weight is 509 g/mol. The predicted octanol–water partition coefficient (Wildman–Crippen LogP) is 6.67. The van der Waals surface area contributed by atoms with Gasteiger partial charge in [0.2, 0.25) is 11.6 Å². The van der Waals surface area contributed by atoms with Crippen LogP contribution in [-0.4, -0.2) is 44.6 Å². The minimum Gasteiger partial charge on any atom is -0.491 e. The lowest BCUT2D eigenvalue weighted by molar-refractivity contribution is 0.0963. The minimum absolute atomic E-state index is 0.0211. The molecule has 0 aliphatic rings. The Morgan fingerprint density at radius 3 is 2.83 bits per heavy atom. The molecular weight excluding hydrogens is 468 g/mol. The van der Waals surface area contributed by atoms with Crippen LogP contribution in [0.4, 0.5) is 0 Å². The molecule has 2 aromatic rings. The topological polar surface area (TPSA) is 60.2 Å². The van der Waals surface area contributed by atoms with Gasteiger partial charge in [-0.15, -0.1) is 5.10 Å². The molecule has 0 N–H and O–H groups in total. The Hall–Kier alpha value is -3.06. The number of likely N-dealkylation sites (N-methyl/N-ethyl adjacent to an activating group) is 1. The number of ether oxygens (including phenoxy) is 1. The van der Waals surface area contributed by atoms with Gasteiger partial charge in [-0.1, -0.05) is 80.5 Å². The molecule has 1 aromatic heterocycles. The standard InChI is InChI=1S/C29H40N4O2S/c1-6-8-15-26(32(5)22-36)28(17-9-7-2)35-20-24(4)13-11-16-27(34)29-30-21-33(31-29)19-25-14-10-12-23(3)18-25/h7,9-10,12,14-15,17-18,21-22,24H,6,8,11,13,16,19-20H2,1-5H3/b9-7-,26-15-,28-17+/t24-/m0/s1. The van der Waals surface area contributed by atoms with Gasteiger partial charge in [0.15, 0.2) is 0 Å². The summed E-state index contributed by atoms with van der Waals surface area (Å²) in [6.45, 7) is 9.50. The summed E-state index contributed by atoms with van der Waals surface area (Å²) in [5.41, 5.74) is 4.93. The number of thiocarbonyl (C=S) groups is 1. The van der Waals surface area contributed by atoms with E-state index in [-0.39, 0.29) is 11.6 Å². The van der Waals surface area contributed by atoms with Crippen molar-refractivity contribution in [3.63, 3.8) is 0 Å². The van der Waals surface area contributed by atoms with Crippen molar-refractivity contribution in [1.82, 2.24) is 19.7 Å². The summed E-state index contributed by atoms with van der Waals surface area (Å²) in [5.74, 6) is 1.37. The quantitative estimate of drug-likeness (QED) is 0.109. The number of benzene rings is 1. The lowest BCUT2D eigenvalue weighted by Gasteiger charge is -2.22. The van der Waals surface area contributed by atoms with Gasteiger partial charge in [0, 0.05) is 13.5 Å². The number of unbranched alkanes of at least 4 members (excludes halogenated alkanes) is 1. The average Bonchev–Trinajstić information content (AvgIpc) is 3.33. The van der Waals surface area contributed by atoms with E-state index < -0.39 is 0 Å². The number of carbonyl (C=O) groups is 1. The molecule has 2 rings (SSSR count). The molecule has 0 bridgehead atoms. The van der Waals surface area contributed by atoms with Crippen LogP contribution in [-0.2, 0) is 11.3 Å². The summed E-state index contributed by atoms with van der Waals surface area (Å²) in [7, 11) is 1.94. The van der Waals surface area contributed by atoms with Crippen molar-refractivity contribution in [2.45, 2.75) is 66.3 Å². The Morgan fingerprint density at radius 2 is 2.14 bits per heavy atom. The van der Waals surface area contributed by atoms with E-state index >= 15 is 0 Å². The Kier molecular flexibility index (Phi) is 12.8. The second-order valence-electron chi connectivity index (χ2n) is 9.14. The van der Waals surface area contributed by atoms with Crippen LogP contribution >= 0.6 is 12.2 Å². The van der Waals surface area contributed by atoms with E-state index in [4.69, 9.17) is 17.0 Å². The van der Waals surface area contributed by atoms with Crippen molar-refractivity contribution in [2.75, 3.05) is 13.7 Å². The lowest BCUT2D eigenvalue weighted by atomic mass is 10.0. The molecule has 0 fully saturated rings. The van der Waals surface area contributed by atoms with Crippen molar-refractivity contribution in [1.29, 1.82) is 0 Å². The molecule has 194 valence electrons. The molecule has 36 heavy (non-hydrogen) atoms. The van der Waals surface area contributed by atoms with E-state index in [2.05, 4.69) is 55.1 Å². The van der Waals surface area contributed by atoms with Crippen LogP contribution in [0, 0.1) is 12.8 Å². The zero-order valence-corrected chi connectivity index (χ0v) is 23.1. The number of allylic oxidation sites excluding steroid dienone is 4. The van der Waals surface area contributed by atoms with Gasteiger partial charge in [0.1, 0.15) is 12.1 Å². The molecule has 1 heterocycles. The largest absolute Gasteiger partial charge is 0.491 e. The Bertz CT molecular complexity index is 1070. The molecule has 1 atom stereocenters. The smallest absolute Gasteiger partial charge is 0.217 e. The Labute approximate surface area is 221 Å². The number of carbonyl (C=O) groups excluding carboxylic acids is 1. The number of Topliss-reactive ketones (excluding diaryl/α,β-unsaturated/α-hetero) is 1. The fraction of sp³-hybridized carbons (Fsp3) is 0.448. The van der Waals surface area contributed by atoms with Gasteiger partial charge in [0.05, 0.1) is 24.3 Å². The molecule has 7 heteroatoms. The van der Waals surface area contributed by atoms with Crippen LogP contribution in [0.5, 0.6) is 0 Å². The van der Waals surface area contributed by atoms with Gasteiger partial charge in [-0.3, -0.25) is 4.79 Å². The first-order chi connectivity index (χ1) is 17.4. The van der Waals surface area contributed by atoms with Crippen molar-refractivity contribution in [3.05, 3.63) is 83.3 Å². The highest BCUT2D eigenvalue weighted by molar-refractivity contribution is 7.78. The normalized spacial score (nSPS) is 13.1. The lowest BCUT2D eigenvalue weighted by Crippen LogP contribution is -2.19. The van der Waals surface area contributed by atoms with E-state index in [0.717, 1.165) is 42.7 Å². The van der Waals surface area contributed by atoms with Crippen molar-refractivity contribution < 1.29 is 9.53 Å². The zero-order valence-electron chi connectivity index (χ0n) is 22.3. The molecular formula is C29H40N4O2S. The fourth-order valence-corrected chi connectivity index (χ4v) is 3.80. The molecule has 0 aliphatic heterocycles. The number of aryl methyl sites for hydroxylation is 1. The second-order valence-corrected chi connectivity index (χ2v) is 9.35. The summed E-state index contributed by atoms with van der Waals surface area (Å²) in [6, 6.07) is 8.25. The van der Waals surface area contributed by atoms with Gasteiger partial charge in [0.25, 0.3) is 0 Å². The van der Waals surface area contributed by atoms with Crippen molar-refractivity contribution in [3.8, 4) is 0 Å². The van der Waals surface area contributed by atoms with Crippen LogP contribution < -0.4 is 0 Å². The highest BCUT2D eigenvalue weighted by Crippen LogP contribution is 2.19. The molecule has 0 radical (unpaired) electrons. The van der Waals surface area contributed by atoms with Crippen LogP contribution in [0.25, 0.3) is 0 Å². The minimum atomic E-state index is -0.0211. The SMILES string of the molecule is C\C=C/C=C(OC[C@@H](C)CCCC(=O)c1ncn(Cc2cccc(C)c2)n1)\C(=C\CCC)N(C)C=S. The van der Waals surface area contributed by atoms with E-state index in [9.17, 15) is 4.79 Å². The summed E-state index contributed by atoms with van der Waals surface area (Å²) < 4.78 is 7.94. The van der Waals surface area contributed by atoms with Gasteiger partial charge in [-0.2, -0.15) is 0 Å². The van der Waals surface area contributed by atoms with E-state index in [1.165, 1.54) is 5.56 Å². The summed E-state index contributed by atoms with van der Waals surface area (Å²) in [4.78, 5) is 18.8. The molecule has 0 spiro atoms. The Balaban J connectivity index is 1.86. The monoisotopic (exact) mass is 508 g/mol. The summed E-state index contributed by atoms with van der Waals surface area (Å²) in [6.07, 6.45) is 13.8. The molecule has 6 nitrogen and oxygen atoms in total. The third-order valence-electron chi connectivity index (χ3n) is 5.69. The second kappa shape index (κ2) is 15.8. The van der Waals surface area contributed by atoms with Crippen LogP contribution in [0.1, 0.15) is 74.6 Å². The molecule has 0 amide bonds. The third-order valence-corrected chi connectivity index (χ3v) is 6.01. The first-order valence-corrected chi connectivity index (χ1v) is 13.2. The summed E-state index contributed by atoms with van der Waals surface area (Å²) in [5, 5.41) is 4.38. The van der Waals surface area contributed by atoms with Crippen molar-refractivity contribution in [2.24, 2.45) is 5.92 Å². The van der Waals surface area contributed by atoms with Crippen LogP contribution in [0.3, 0.4) is 0 Å². The van der Waals surface area contributed by atoms with E-state index in [0.29, 0.717) is 25.5 Å². The fourth-order valence-electron chi connectivity index (χ4n) is 3.68. The third kappa shape index (κ3) is 9.90. The first-order valence-electron chi connectivity index (χ1n) is 12.7. The van der Waals surface area contributed by atoms with Gasteiger partial charge >= 0.3 is 0 Å². The summed E-state index contributed by atoms with van der Waals surface area (Å²) >= 11 is 5.15. The van der Waals surface area contributed by atoms with Gasteiger partial charge in [-0.25, -0.2) is 9.67 Å². The first kappa shape index (κ1) is 29.2. The van der Waals surface area contributed by atoms with Gasteiger partial charge < -0.3 is 9.64 Å². The maximum atomic E-state index is 12.6. The zero-order chi connectivity index (χ0) is 26.3. The van der Waals surface area contributed by atoms with Gasteiger partial charge in [-0.05, 0) is 50.7 Å². The highest BCUT2D eigenvalue weighted by Gasteiger charge is 2.15. The van der Waals surface area contributed by atoms with Crippen LogP contribution in [0.15, 0.2) is 66.4 Å².